The molecule has 1 heterocycles. The van der Waals surface area contributed by atoms with Crippen molar-refractivity contribution in [3.8, 4) is 0 Å². The zero-order valence-electron chi connectivity index (χ0n) is 10.7. The number of methoxy groups -OCH3 is 1. The number of ether oxygens (including phenoxy) is 2. The summed E-state index contributed by atoms with van der Waals surface area (Å²) in [5, 5.41) is 0. The Morgan fingerprint density at radius 1 is 1.71 bits per heavy atom. The first-order chi connectivity index (χ1) is 7.96. The fourth-order valence-corrected chi connectivity index (χ4v) is 2.20. The summed E-state index contributed by atoms with van der Waals surface area (Å²) in [5.41, 5.74) is -1.45. The molecule has 0 aromatic carbocycles. The summed E-state index contributed by atoms with van der Waals surface area (Å²) in [6, 6.07) is 0. The van der Waals surface area contributed by atoms with Gasteiger partial charge < -0.3 is 9.47 Å². The minimum absolute atomic E-state index is 0.174. The Balaban J connectivity index is 2.88. The highest BCUT2D eigenvalue weighted by molar-refractivity contribution is 6.08. The van der Waals surface area contributed by atoms with Gasteiger partial charge in [-0.25, -0.2) is 4.79 Å². The van der Waals surface area contributed by atoms with Crippen LogP contribution < -0.4 is 0 Å². The van der Waals surface area contributed by atoms with Gasteiger partial charge in [0.15, 0.2) is 5.78 Å². The van der Waals surface area contributed by atoms with Gasteiger partial charge in [0.25, 0.3) is 0 Å². The van der Waals surface area contributed by atoms with Crippen LogP contribution in [0.4, 0.5) is 0 Å². The number of rotatable bonds is 5. The first-order valence-corrected chi connectivity index (χ1v) is 5.86. The van der Waals surface area contributed by atoms with Crippen molar-refractivity contribution in [2.24, 2.45) is 5.92 Å². The van der Waals surface area contributed by atoms with Crippen molar-refractivity contribution in [1.29, 1.82) is 0 Å². The normalized spacial score (nSPS) is 28.5. The van der Waals surface area contributed by atoms with Crippen molar-refractivity contribution >= 4 is 11.8 Å². The van der Waals surface area contributed by atoms with Crippen LogP contribution in [0.3, 0.4) is 0 Å². The summed E-state index contributed by atoms with van der Waals surface area (Å²) in [5.74, 6) is -0.395. The average Bonchev–Trinajstić information content (AvgIpc) is 2.54. The third-order valence-electron chi connectivity index (χ3n) is 2.91. The highest BCUT2D eigenvalue weighted by atomic mass is 16.6. The minimum Gasteiger partial charge on any atom is -0.467 e. The van der Waals surface area contributed by atoms with Crippen LogP contribution in [-0.2, 0) is 19.1 Å². The van der Waals surface area contributed by atoms with Gasteiger partial charge in [0.05, 0.1) is 13.2 Å². The summed E-state index contributed by atoms with van der Waals surface area (Å²) in [4.78, 5) is 23.8. The maximum atomic E-state index is 12.0. The van der Waals surface area contributed by atoms with Crippen LogP contribution in [0.5, 0.6) is 0 Å². The van der Waals surface area contributed by atoms with E-state index in [2.05, 4.69) is 25.2 Å². The lowest BCUT2D eigenvalue weighted by molar-refractivity contribution is -0.171. The molecule has 1 aliphatic heterocycles. The van der Waals surface area contributed by atoms with Gasteiger partial charge >= 0.3 is 5.97 Å². The molecule has 0 aromatic rings. The number of ketones is 1. The average molecular weight is 240 g/mol. The third-order valence-corrected chi connectivity index (χ3v) is 2.91. The van der Waals surface area contributed by atoms with Crippen molar-refractivity contribution in [2.75, 3.05) is 7.11 Å². The molecule has 0 saturated carbocycles. The monoisotopic (exact) mass is 240 g/mol. The molecule has 0 radical (unpaired) electrons. The molecular formula is C13H20O4. The van der Waals surface area contributed by atoms with E-state index < -0.39 is 11.6 Å². The summed E-state index contributed by atoms with van der Waals surface area (Å²) >= 11 is 0. The van der Waals surface area contributed by atoms with Crippen molar-refractivity contribution in [1.82, 2.24) is 0 Å². The topological polar surface area (TPSA) is 52.6 Å². The summed E-state index contributed by atoms with van der Waals surface area (Å²) in [7, 11) is 1.26. The minimum atomic E-state index is -1.45. The largest absolute Gasteiger partial charge is 0.467 e. The molecule has 1 saturated heterocycles. The van der Waals surface area contributed by atoms with E-state index in [0.717, 1.165) is 6.42 Å². The second-order valence-electron chi connectivity index (χ2n) is 4.81. The third kappa shape index (κ3) is 2.75. The lowest BCUT2D eigenvalue weighted by atomic mass is 9.93. The zero-order chi connectivity index (χ0) is 13.1. The molecule has 96 valence electrons. The smallest absolute Gasteiger partial charge is 0.346 e. The molecule has 17 heavy (non-hydrogen) atoms. The standard InChI is InChI=1S/C13H20O4/c1-5-6-13(12(15)16-4)11(14)8-10(17-13)7-9(2)3/h5,9-10H,1,6-8H2,2-4H3/t10-,13-/m0/s1. The van der Waals surface area contributed by atoms with Crippen LogP contribution in [0.15, 0.2) is 12.7 Å². The van der Waals surface area contributed by atoms with Gasteiger partial charge in [-0.1, -0.05) is 19.9 Å². The van der Waals surface area contributed by atoms with Crippen molar-refractivity contribution in [3.63, 3.8) is 0 Å². The van der Waals surface area contributed by atoms with Gasteiger partial charge in [0.2, 0.25) is 5.60 Å². The van der Waals surface area contributed by atoms with Gasteiger partial charge in [-0.05, 0) is 12.3 Å². The van der Waals surface area contributed by atoms with E-state index in [9.17, 15) is 9.59 Å². The SMILES string of the molecule is C=CC[C@]1(C(=O)OC)O[C@@H](CC(C)C)CC1=O. The molecule has 1 rings (SSSR count). The first-order valence-electron chi connectivity index (χ1n) is 5.86. The van der Waals surface area contributed by atoms with E-state index in [-0.39, 0.29) is 24.7 Å². The van der Waals surface area contributed by atoms with Crippen LogP contribution in [0.1, 0.15) is 33.1 Å². The Morgan fingerprint density at radius 2 is 2.35 bits per heavy atom. The predicted octanol–water partition coefficient (Wildman–Crippen LogP) is 1.88. The molecule has 2 atom stereocenters. The van der Waals surface area contributed by atoms with Gasteiger partial charge in [0.1, 0.15) is 0 Å². The van der Waals surface area contributed by atoms with Crippen molar-refractivity contribution in [2.45, 2.75) is 44.8 Å². The van der Waals surface area contributed by atoms with Crippen LogP contribution >= 0.6 is 0 Å². The van der Waals surface area contributed by atoms with Gasteiger partial charge in [0, 0.05) is 12.8 Å². The Morgan fingerprint density at radius 3 is 2.82 bits per heavy atom. The van der Waals surface area contributed by atoms with Crippen LogP contribution in [-0.4, -0.2) is 30.6 Å². The molecule has 0 aliphatic carbocycles. The van der Waals surface area contributed by atoms with E-state index in [1.165, 1.54) is 13.2 Å². The Labute approximate surface area is 102 Å². The van der Waals surface area contributed by atoms with Crippen molar-refractivity contribution < 1.29 is 19.1 Å². The fourth-order valence-electron chi connectivity index (χ4n) is 2.20. The highest BCUT2D eigenvalue weighted by Gasteiger charge is 2.53. The molecule has 0 N–H and O–H groups in total. The van der Waals surface area contributed by atoms with E-state index in [1.807, 2.05) is 0 Å². The Hall–Kier alpha value is -1.16. The lowest BCUT2D eigenvalue weighted by Gasteiger charge is -2.24. The molecule has 0 unspecified atom stereocenters. The molecule has 4 heteroatoms. The van der Waals surface area contributed by atoms with E-state index in [0.29, 0.717) is 5.92 Å². The summed E-state index contributed by atoms with van der Waals surface area (Å²) in [6.45, 7) is 7.68. The highest BCUT2D eigenvalue weighted by Crippen LogP contribution is 2.34. The first kappa shape index (κ1) is 13.9. The van der Waals surface area contributed by atoms with Gasteiger partial charge in [-0.3, -0.25) is 4.79 Å². The number of Topliss-reactive ketones (excluding diaryl/α,β-unsaturated/α-hetero) is 1. The molecule has 1 aliphatic rings. The molecule has 0 spiro atoms. The number of carbonyl (C=O) groups is 2. The maximum absolute atomic E-state index is 12.0. The molecular weight excluding hydrogens is 220 g/mol. The summed E-state index contributed by atoms with van der Waals surface area (Å²) in [6.07, 6.45) is 2.55. The van der Waals surface area contributed by atoms with E-state index in [1.54, 1.807) is 0 Å². The Kier molecular flexibility index (Phi) is 4.46. The second-order valence-corrected chi connectivity index (χ2v) is 4.81. The van der Waals surface area contributed by atoms with Gasteiger partial charge in [-0.2, -0.15) is 0 Å². The predicted molar refractivity (Wildman–Crippen MR) is 63.5 cm³/mol. The molecule has 1 fully saturated rings. The number of hydrogen-bond donors (Lipinski definition) is 0. The maximum Gasteiger partial charge on any atom is 0.346 e. The number of esters is 1. The second kappa shape index (κ2) is 5.45. The zero-order valence-corrected chi connectivity index (χ0v) is 10.7. The molecule has 0 aromatic heterocycles. The van der Waals surface area contributed by atoms with Crippen molar-refractivity contribution in [3.05, 3.63) is 12.7 Å². The lowest BCUT2D eigenvalue weighted by Crippen LogP contribution is -2.45. The molecule has 0 bridgehead atoms. The quantitative estimate of drug-likeness (QED) is 0.418. The number of hydrogen-bond acceptors (Lipinski definition) is 4. The molecule has 0 amide bonds. The summed E-state index contributed by atoms with van der Waals surface area (Å²) < 4.78 is 10.4. The van der Waals surface area contributed by atoms with Crippen LogP contribution in [0.25, 0.3) is 0 Å². The fraction of sp³-hybridized carbons (Fsp3) is 0.692. The van der Waals surface area contributed by atoms with Crippen LogP contribution in [0.2, 0.25) is 0 Å². The van der Waals surface area contributed by atoms with E-state index >= 15 is 0 Å². The number of carbonyl (C=O) groups excluding carboxylic acids is 2. The van der Waals surface area contributed by atoms with E-state index in [4.69, 9.17) is 4.74 Å². The Bertz CT molecular complexity index is 321. The van der Waals surface area contributed by atoms with Crippen LogP contribution in [0, 0.1) is 5.92 Å². The van der Waals surface area contributed by atoms with Gasteiger partial charge in [-0.15, -0.1) is 6.58 Å². The molecule has 4 nitrogen and oxygen atoms in total.